The third-order valence-corrected chi connectivity index (χ3v) is 9.10. The van der Waals surface area contributed by atoms with Crippen LogP contribution in [0, 0.1) is 0 Å². The number of hydrogen-bond acceptors (Lipinski definition) is 12. The van der Waals surface area contributed by atoms with Crippen LogP contribution in [0.4, 0.5) is 15.3 Å². The van der Waals surface area contributed by atoms with Crippen molar-refractivity contribution in [1.82, 2.24) is 35.1 Å². The predicted octanol–water partition coefficient (Wildman–Crippen LogP) is 8.43. The summed E-state index contributed by atoms with van der Waals surface area (Å²) >= 11 is 3.40. The summed E-state index contributed by atoms with van der Waals surface area (Å²) in [5, 5.41) is 3.18. The number of aromatic nitrogens is 4. The molecule has 6 aromatic rings. The van der Waals surface area contributed by atoms with Crippen molar-refractivity contribution < 1.29 is 27.9 Å². The topological polar surface area (TPSA) is 152 Å². The van der Waals surface area contributed by atoms with Crippen LogP contribution in [0.3, 0.4) is 0 Å². The number of halogens is 1. The fourth-order valence-corrected chi connectivity index (χ4v) is 6.24. The average Bonchev–Trinajstić information content (AvgIpc) is 3.82. The molecule has 1 N–H and O–H groups in total. The van der Waals surface area contributed by atoms with E-state index in [9.17, 15) is 9.59 Å². The van der Waals surface area contributed by atoms with Gasteiger partial charge in [-0.05, 0) is 102 Å². The molecule has 2 aliphatic rings. The quantitative estimate of drug-likeness (QED) is 0.182. The molecule has 0 spiro atoms. The lowest BCUT2D eigenvalue weighted by Crippen LogP contribution is -2.50. The molecule has 2 saturated heterocycles. The van der Waals surface area contributed by atoms with E-state index >= 15 is 0 Å². The highest BCUT2D eigenvalue weighted by Gasteiger charge is 2.26. The van der Waals surface area contributed by atoms with Crippen LogP contribution in [0.25, 0.3) is 45.1 Å². The molecule has 0 atom stereocenters. The SMILES string of the molecule is Brc1ccc2oc(-c3cccnc3)nc2c1.CC(C)(C)OC(=O)N1CCN(c2ccc3oc(-c4cccnc4)nc3c2)CC1.CC(C)(C)OC(=O)N1CCNCC1. The van der Waals surface area contributed by atoms with Gasteiger partial charge in [0.2, 0.25) is 11.8 Å². The molecule has 2 aromatic carbocycles. The maximum atomic E-state index is 12.2. The number of benzene rings is 2. The van der Waals surface area contributed by atoms with Gasteiger partial charge in [0, 0.05) is 87.3 Å². The number of amides is 2. The number of fused-ring (bicyclic) bond motifs is 2. The lowest BCUT2D eigenvalue weighted by molar-refractivity contribution is 0.0223. The van der Waals surface area contributed by atoms with E-state index in [0.717, 1.165) is 82.8 Å². The van der Waals surface area contributed by atoms with Crippen LogP contribution in [-0.4, -0.2) is 105 Å². The molecule has 4 aromatic heterocycles. The molecule has 0 radical (unpaired) electrons. The second kappa shape index (κ2) is 18.2. The standard InChI is InChI=1S/C21H24N4O3.C12H7BrN2O.C9H18N2O2/c1-21(2,3)28-20(26)25-11-9-24(10-12-25)16-6-7-18-17(13-16)23-19(27-18)15-5-4-8-22-14-15;13-9-3-4-11-10(6-9)15-12(16-11)8-2-1-5-14-7-8;1-9(2,3)13-8(12)11-6-4-10-5-7-11/h4-8,13-14H,9-12H2,1-3H3;1-7H;10H,4-7H2,1-3H3. The maximum absolute atomic E-state index is 12.2. The Labute approximate surface area is 340 Å². The Bertz CT molecular complexity index is 2240. The lowest BCUT2D eigenvalue weighted by atomic mass is 10.2. The molecular formula is C42H49BrN8O6. The number of carbonyl (C=O) groups excluding carboxylic acids is 2. The number of nitrogens with zero attached hydrogens (tertiary/aromatic N) is 7. The van der Waals surface area contributed by atoms with Crippen molar-refractivity contribution in [3.8, 4) is 22.9 Å². The molecule has 0 bridgehead atoms. The third kappa shape index (κ3) is 11.7. The highest BCUT2D eigenvalue weighted by Crippen LogP contribution is 2.28. The number of nitrogens with one attached hydrogen (secondary N) is 1. The zero-order valence-electron chi connectivity index (χ0n) is 33.2. The summed E-state index contributed by atoms with van der Waals surface area (Å²) in [5.41, 5.74) is 5.12. The van der Waals surface area contributed by atoms with Crippen LogP contribution in [-0.2, 0) is 9.47 Å². The summed E-state index contributed by atoms with van der Waals surface area (Å²) < 4.78 is 23.2. The van der Waals surface area contributed by atoms with Crippen LogP contribution < -0.4 is 10.2 Å². The van der Waals surface area contributed by atoms with E-state index in [4.69, 9.17) is 18.3 Å². The molecule has 15 heteroatoms. The normalized spacial score (nSPS) is 14.7. The van der Waals surface area contributed by atoms with E-state index in [0.29, 0.717) is 24.9 Å². The van der Waals surface area contributed by atoms with E-state index in [-0.39, 0.29) is 17.8 Å². The Kier molecular flexibility index (Phi) is 13.1. The molecule has 2 fully saturated rings. The number of rotatable bonds is 3. The van der Waals surface area contributed by atoms with E-state index in [2.05, 4.69) is 46.1 Å². The molecule has 300 valence electrons. The van der Waals surface area contributed by atoms with Crippen LogP contribution >= 0.6 is 15.9 Å². The molecule has 0 aliphatic carbocycles. The molecule has 57 heavy (non-hydrogen) atoms. The zero-order chi connectivity index (χ0) is 40.6. The molecule has 2 aliphatic heterocycles. The van der Waals surface area contributed by atoms with Gasteiger partial charge >= 0.3 is 12.2 Å². The maximum Gasteiger partial charge on any atom is 0.410 e. The highest BCUT2D eigenvalue weighted by molar-refractivity contribution is 9.10. The number of hydrogen-bond donors (Lipinski definition) is 1. The third-order valence-electron chi connectivity index (χ3n) is 8.60. The summed E-state index contributed by atoms with van der Waals surface area (Å²) in [7, 11) is 0. The first kappa shape index (κ1) is 41.1. The first-order valence-corrected chi connectivity index (χ1v) is 19.7. The van der Waals surface area contributed by atoms with Crippen molar-refractivity contribution in [2.45, 2.75) is 52.7 Å². The largest absolute Gasteiger partial charge is 0.444 e. The van der Waals surface area contributed by atoms with Gasteiger partial charge in [-0.25, -0.2) is 19.6 Å². The smallest absolute Gasteiger partial charge is 0.410 e. The minimum absolute atomic E-state index is 0.200. The fourth-order valence-electron chi connectivity index (χ4n) is 5.89. The monoisotopic (exact) mass is 840 g/mol. The molecule has 14 nitrogen and oxygen atoms in total. The van der Waals surface area contributed by atoms with Crippen molar-refractivity contribution in [1.29, 1.82) is 0 Å². The van der Waals surface area contributed by atoms with E-state index in [1.54, 1.807) is 34.6 Å². The summed E-state index contributed by atoms with van der Waals surface area (Å²) in [5.74, 6) is 1.16. The van der Waals surface area contributed by atoms with Crippen LogP contribution in [0.15, 0.2) is 98.8 Å². The van der Waals surface area contributed by atoms with Crippen molar-refractivity contribution in [3.05, 3.63) is 89.9 Å². The number of carbonyl (C=O) groups is 2. The number of anilines is 1. The second-order valence-corrected chi connectivity index (χ2v) is 16.4. The highest BCUT2D eigenvalue weighted by atomic mass is 79.9. The van der Waals surface area contributed by atoms with Gasteiger partial charge in [0.15, 0.2) is 11.2 Å². The first-order chi connectivity index (χ1) is 27.2. The van der Waals surface area contributed by atoms with E-state index in [1.807, 2.05) is 102 Å². The van der Waals surface area contributed by atoms with Gasteiger partial charge in [-0.3, -0.25) is 9.97 Å². The van der Waals surface area contributed by atoms with Gasteiger partial charge in [0.25, 0.3) is 0 Å². The van der Waals surface area contributed by atoms with Crippen LogP contribution in [0.1, 0.15) is 41.5 Å². The number of ether oxygens (including phenoxy) is 2. The Morgan fingerprint density at radius 3 is 1.65 bits per heavy atom. The first-order valence-electron chi connectivity index (χ1n) is 18.9. The molecule has 6 heterocycles. The molecule has 0 unspecified atom stereocenters. The van der Waals surface area contributed by atoms with Gasteiger partial charge in [-0.2, -0.15) is 0 Å². The van der Waals surface area contributed by atoms with Crippen molar-refractivity contribution in [2.75, 3.05) is 57.3 Å². The summed E-state index contributed by atoms with van der Waals surface area (Å²) in [4.78, 5) is 46.6. The molecule has 0 saturated carbocycles. The number of piperazine rings is 2. The Balaban J connectivity index is 0.000000160. The number of oxazole rings is 2. The van der Waals surface area contributed by atoms with Crippen molar-refractivity contribution >= 4 is 56.0 Å². The minimum atomic E-state index is -0.474. The van der Waals surface area contributed by atoms with E-state index in [1.165, 1.54) is 0 Å². The summed E-state index contributed by atoms with van der Waals surface area (Å²) in [6, 6.07) is 19.3. The lowest BCUT2D eigenvalue weighted by Gasteiger charge is -2.36. The van der Waals surface area contributed by atoms with Gasteiger partial charge in [-0.1, -0.05) is 15.9 Å². The van der Waals surface area contributed by atoms with Crippen molar-refractivity contribution in [3.63, 3.8) is 0 Å². The van der Waals surface area contributed by atoms with E-state index < -0.39 is 5.60 Å². The van der Waals surface area contributed by atoms with Gasteiger partial charge in [0.05, 0.1) is 11.1 Å². The summed E-state index contributed by atoms with van der Waals surface area (Å²) in [6.45, 7) is 17.3. The Morgan fingerprint density at radius 1 is 0.667 bits per heavy atom. The van der Waals surface area contributed by atoms with Gasteiger partial charge < -0.3 is 38.3 Å². The van der Waals surface area contributed by atoms with Gasteiger partial charge in [-0.15, -0.1) is 0 Å². The van der Waals surface area contributed by atoms with Crippen LogP contribution in [0.2, 0.25) is 0 Å². The molecule has 8 rings (SSSR count). The Morgan fingerprint density at radius 2 is 1.16 bits per heavy atom. The fraction of sp³-hybridized carbons (Fsp3) is 0.381. The minimum Gasteiger partial charge on any atom is -0.444 e. The zero-order valence-corrected chi connectivity index (χ0v) is 34.8. The van der Waals surface area contributed by atoms with Gasteiger partial charge in [0.1, 0.15) is 22.2 Å². The molecular weight excluding hydrogens is 792 g/mol. The van der Waals surface area contributed by atoms with Crippen LogP contribution in [0.5, 0.6) is 0 Å². The predicted molar refractivity (Wildman–Crippen MR) is 223 cm³/mol. The number of pyridine rings is 2. The molecule has 2 amide bonds. The second-order valence-electron chi connectivity index (χ2n) is 15.5. The van der Waals surface area contributed by atoms with Crippen molar-refractivity contribution in [2.24, 2.45) is 0 Å². The average molecular weight is 842 g/mol. The Hall–Kier alpha value is -5.54. The summed E-state index contributed by atoms with van der Waals surface area (Å²) in [6.07, 6.45) is 6.47.